The number of benzene rings is 1. The van der Waals surface area contributed by atoms with Crippen molar-refractivity contribution in [3.63, 3.8) is 0 Å². The highest BCUT2D eigenvalue weighted by atomic mass is 35.5. The predicted octanol–water partition coefficient (Wildman–Crippen LogP) is 1.57. The molecule has 2 rings (SSSR count). The summed E-state index contributed by atoms with van der Waals surface area (Å²) in [6.07, 6.45) is 1.80. The molecular weight excluding hydrogens is 286 g/mol. The Bertz CT molecular complexity index is 499. The molecule has 1 saturated heterocycles. The Kier molecular flexibility index (Phi) is 5.24. The number of sulfone groups is 1. The van der Waals surface area contributed by atoms with Gasteiger partial charge >= 0.3 is 0 Å². The molecule has 108 valence electrons. The monoisotopic (exact) mass is 305 g/mol. The van der Waals surface area contributed by atoms with E-state index in [9.17, 15) is 8.42 Å². The van der Waals surface area contributed by atoms with E-state index in [0.717, 1.165) is 11.3 Å². The quantitative estimate of drug-likeness (QED) is 0.920. The summed E-state index contributed by atoms with van der Waals surface area (Å²) < 4.78 is 27.9. The topological polar surface area (TPSA) is 69.4 Å². The summed E-state index contributed by atoms with van der Waals surface area (Å²) in [5.41, 5.74) is 7.02. The molecule has 1 fully saturated rings. The Morgan fingerprint density at radius 1 is 1.21 bits per heavy atom. The zero-order chi connectivity index (χ0) is 13.2. The third kappa shape index (κ3) is 4.37. The number of hydrogen-bond acceptors (Lipinski definition) is 4. The van der Waals surface area contributed by atoms with Gasteiger partial charge < -0.3 is 10.5 Å². The van der Waals surface area contributed by atoms with Gasteiger partial charge in [-0.05, 0) is 37.0 Å². The Balaban J connectivity index is 0.00000180. The van der Waals surface area contributed by atoms with Crippen LogP contribution in [0, 0.1) is 0 Å². The van der Waals surface area contributed by atoms with E-state index in [-0.39, 0.29) is 29.5 Å². The van der Waals surface area contributed by atoms with Crippen molar-refractivity contribution < 1.29 is 13.2 Å². The maximum Gasteiger partial charge on any atom is 0.150 e. The third-order valence-corrected chi connectivity index (χ3v) is 5.19. The van der Waals surface area contributed by atoms with Gasteiger partial charge in [-0.25, -0.2) is 8.42 Å². The second kappa shape index (κ2) is 6.11. The number of hydrogen-bond donors (Lipinski definition) is 1. The van der Waals surface area contributed by atoms with Crippen LogP contribution in [0.25, 0.3) is 0 Å². The lowest BCUT2D eigenvalue weighted by molar-refractivity contribution is 0.378. The van der Waals surface area contributed by atoms with Crippen molar-refractivity contribution in [2.45, 2.75) is 24.8 Å². The summed E-state index contributed by atoms with van der Waals surface area (Å²) >= 11 is 0. The van der Waals surface area contributed by atoms with Crippen molar-refractivity contribution in [2.75, 3.05) is 18.6 Å². The molecule has 0 bridgehead atoms. The van der Waals surface area contributed by atoms with Crippen LogP contribution < -0.4 is 10.5 Å². The molecule has 1 aromatic carbocycles. The van der Waals surface area contributed by atoms with Crippen molar-refractivity contribution in [3.8, 4) is 5.75 Å². The maximum atomic E-state index is 11.4. The van der Waals surface area contributed by atoms with Gasteiger partial charge in [-0.3, -0.25) is 0 Å². The normalized spacial score (nSPS) is 20.3. The second-order valence-electron chi connectivity index (χ2n) is 5.04. The van der Waals surface area contributed by atoms with E-state index in [4.69, 9.17) is 10.5 Å². The first-order valence-electron chi connectivity index (χ1n) is 6.05. The van der Waals surface area contributed by atoms with Crippen LogP contribution in [0.2, 0.25) is 0 Å². The molecule has 6 heteroatoms. The zero-order valence-corrected chi connectivity index (χ0v) is 12.6. The Morgan fingerprint density at radius 3 is 2.21 bits per heavy atom. The van der Waals surface area contributed by atoms with Gasteiger partial charge in [-0.1, -0.05) is 12.1 Å². The molecule has 1 heterocycles. The van der Waals surface area contributed by atoms with Gasteiger partial charge in [0.05, 0.1) is 18.6 Å². The summed E-state index contributed by atoms with van der Waals surface area (Å²) in [7, 11) is -1.23. The largest absolute Gasteiger partial charge is 0.497 e. The third-order valence-electron chi connectivity index (χ3n) is 3.54. The molecule has 1 aliphatic rings. The lowest BCUT2D eigenvalue weighted by atomic mass is 9.86. The van der Waals surface area contributed by atoms with Gasteiger partial charge in [0.2, 0.25) is 0 Å². The molecule has 0 amide bonds. The molecule has 2 N–H and O–H groups in total. The molecule has 0 radical (unpaired) electrons. The first-order valence-corrected chi connectivity index (χ1v) is 7.87. The van der Waals surface area contributed by atoms with Crippen LogP contribution in [-0.4, -0.2) is 32.6 Å². The number of methoxy groups -OCH3 is 1. The smallest absolute Gasteiger partial charge is 0.150 e. The van der Waals surface area contributed by atoms with E-state index in [0.29, 0.717) is 19.3 Å². The van der Waals surface area contributed by atoms with Gasteiger partial charge in [0.1, 0.15) is 15.6 Å². The van der Waals surface area contributed by atoms with Crippen molar-refractivity contribution in [3.05, 3.63) is 29.8 Å². The van der Waals surface area contributed by atoms with Crippen molar-refractivity contribution in [1.29, 1.82) is 0 Å². The van der Waals surface area contributed by atoms with E-state index in [2.05, 4.69) is 0 Å². The zero-order valence-electron chi connectivity index (χ0n) is 11.0. The summed E-state index contributed by atoms with van der Waals surface area (Å²) in [6.45, 7) is 0. The molecule has 0 aromatic heterocycles. The van der Waals surface area contributed by atoms with E-state index in [1.807, 2.05) is 24.3 Å². The van der Waals surface area contributed by atoms with E-state index in [1.165, 1.54) is 0 Å². The van der Waals surface area contributed by atoms with Gasteiger partial charge in [0.25, 0.3) is 0 Å². The Hall–Kier alpha value is -0.780. The summed E-state index contributed by atoms with van der Waals surface area (Å²) in [5, 5.41) is 0. The molecule has 0 atom stereocenters. The van der Waals surface area contributed by atoms with Crippen LogP contribution in [0.15, 0.2) is 24.3 Å². The first-order chi connectivity index (χ1) is 8.42. The highest BCUT2D eigenvalue weighted by Crippen LogP contribution is 2.26. The molecule has 0 spiro atoms. The van der Waals surface area contributed by atoms with E-state index >= 15 is 0 Å². The van der Waals surface area contributed by atoms with Crippen LogP contribution in [0.3, 0.4) is 0 Å². The number of halogens is 1. The Labute approximate surface area is 120 Å². The molecule has 0 unspecified atom stereocenters. The average Bonchev–Trinajstić information content (AvgIpc) is 2.35. The summed E-state index contributed by atoms with van der Waals surface area (Å²) in [6, 6.07) is 7.77. The maximum absolute atomic E-state index is 11.4. The van der Waals surface area contributed by atoms with Crippen molar-refractivity contribution in [2.24, 2.45) is 5.73 Å². The minimum Gasteiger partial charge on any atom is -0.497 e. The molecular formula is C13H20ClNO3S. The van der Waals surface area contributed by atoms with Crippen LogP contribution in [0.5, 0.6) is 5.75 Å². The SMILES string of the molecule is COc1ccc(CC2(N)CCS(=O)(=O)CC2)cc1.Cl. The summed E-state index contributed by atoms with van der Waals surface area (Å²) in [4.78, 5) is 0. The van der Waals surface area contributed by atoms with E-state index in [1.54, 1.807) is 7.11 Å². The molecule has 4 nitrogen and oxygen atoms in total. The molecule has 1 aliphatic heterocycles. The summed E-state index contributed by atoms with van der Waals surface area (Å²) in [5.74, 6) is 1.23. The average molecular weight is 306 g/mol. The minimum atomic E-state index is -2.86. The highest BCUT2D eigenvalue weighted by molar-refractivity contribution is 7.91. The fraction of sp³-hybridized carbons (Fsp3) is 0.538. The fourth-order valence-electron chi connectivity index (χ4n) is 2.27. The lowest BCUT2D eigenvalue weighted by Gasteiger charge is -2.33. The number of nitrogens with two attached hydrogens (primary N) is 1. The van der Waals surface area contributed by atoms with Crippen molar-refractivity contribution in [1.82, 2.24) is 0 Å². The van der Waals surface area contributed by atoms with Crippen LogP contribution in [0.1, 0.15) is 18.4 Å². The molecule has 1 aromatic rings. The first kappa shape index (κ1) is 16.3. The fourth-order valence-corrected chi connectivity index (χ4v) is 3.91. The van der Waals surface area contributed by atoms with Crippen LogP contribution >= 0.6 is 12.4 Å². The Morgan fingerprint density at radius 2 is 1.74 bits per heavy atom. The number of rotatable bonds is 3. The molecule has 0 saturated carbocycles. The van der Waals surface area contributed by atoms with Gasteiger partial charge in [0, 0.05) is 5.54 Å². The van der Waals surface area contributed by atoms with Crippen LogP contribution in [-0.2, 0) is 16.3 Å². The standard InChI is InChI=1S/C13H19NO3S.ClH/c1-17-12-4-2-11(3-5-12)10-13(14)6-8-18(15,16)9-7-13;/h2-5H,6-10,14H2,1H3;1H. The van der Waals surface area contributed by atoms with Crippen molar-refractivity contribution >= 4 is 22.2 Å². The van der Waals surface area contributed by atoms with E-state index < -0.39 is 9.84 Å². The second-order valence-corrected chi connectivity index (χ2v) is 7.34. The lowest BCUT2D eigenvalue weighted by Crippen LogP contribution is -2.48. The van der Waals surface area contributed by atoms with Gasteiger partial charge in [0.15, 0.2) is 0 Å². The van der Waals surface area contributed by atoms with Gasteiger partial charge in [-0.15, -0.1) is 12.4 Å². The number of ether oxygens (including phenoxy) is 1. The molecule has 19 heavy (non-hydrogen) atoms. The van der Waals surface area contributed by atoms with Gasteiger partial charge in [-0.2, -0.15) is 0 Å². The predicted molar refractivity (Wildman–Crippen MR) is 78.8 cm³/mol. The molecule has 0 aliphatic carbocycles. The minimum absolute atomic E-state index is 0. The van der Waals surface area contributed by atoms with Crippen LogP contribution in [0.4, 0.5) is 0 Å². The highest BCUT2D eigenvalue weighted by Gasteiger charge is 2.33.